The SMILES string of the molecule is CCCCCn1c[n+](Cc2ccc(C)cc2)cn1.[Cl-]. The molecule has 1 aromatic carbocycles. The highest BCUT2D eigenvalue weighted by Gasteiger charge is 2.05. The van der Waals surface area contributed by atoms with Gasteiger partial charge in [-0.3, -0.25) is 0 Å². The molecule has 0 aliphatic carbocycles. The molecule has 0 atom stereocenters. The lowest BCUT2D eigenvalue weighted by Crippen LogP contribution is -3.00. The van der Waals surface area contributed by atoms with Crippen molar-refractivity contribution in [1.29, 1.82) is 0 Å². The first-order valence-corrected chi connectivity index (χ1v) is 6.75. The van der Waals surface area contributed by atoms with Gasteiger partial charge in [0.15, 0.2) is 0 Å². The van der Waals surface area contributed by atoms with Gasteiger partial charge in [-0.25, -0.2) is 4.57 Å². The number of hydrogen-bond acceptors (Lipinski definition) is 1. The summed E-state index contributed by atoms with van der Waals surface area (Å²) in [5.74, 6) is 0. The van der Waals surface area contributed by atoms with E-state index in [0.29, 0.717) is 0 Å². The zero-order valence-electron chi connectivity index (χ0n) is 11.7. The van der Waals surface area contributed by atoms with E-state index >= 15 is 0 Å². The van der Waals surface area contributed by atoms with Gasteiger partial charge in [-0.15, -0.1) is 4.68 Å². The Kier molecular flexibility index (Phi) is 6.57. The fourth-order valence-electron chi connectivity index (χ4n) is 1.99. The van der Waals surface area contributed by atoms with Crippen LogP contribution in [0.2, 0.25) is 0 Å². The minimum atomic E-state index is 0. The number of aromatic nitrogens is 3. The van der Waals surface area contributed by atoms with E-state index < -0.39 is 0 Å². The Hall–Kier alpha value is -1.35. The zero-order chi connectivity index (χ0) is 12.8. The van der Waals surface area contributed by atoms with Crippen LogP contribution in [0, 0.1) is 6.92 Å². The Morgan fingerprint density at radius 2 is 1.89 bits per heavy atom. The van der Waals surface area contributed by atoms with Crippen molar-refractivity contribution in [2.24, 2.45) is 0 Å². The van der Waals surface area contributed by atoms with Crippen LogP contribution in [-0.4, -0.2) is 9.78 Å². The first-order chi connectivity index (χ1) is 8.78. The van der Waals surface area contributed by atoms with E-state index in [1.165, 1.54) is 30.4 Å². The summed E-state index contributed by atoms with van der Waals surface area (Å²) >= 11 is 0. The molecule has 0 aliphatic rings. The zero-order valence-corrected chi connectivity index (χ0v) is 12.5. The van der Waals surface area contributed by atoms with Crippen LogP contribution in [0.4, 0.5) is 0 Å². The van der Waals surface area contributed by atoms with Gasteiger partial charge in [0.05, 0.1) is 6.54 Å². The lowest BCUT2D eigenvalue weighted by molar-refractivity contribution is -0.689. The molecule has 0 saturated carbocycles. The topological polar surface area (TPSA) is 21.7 Å². The molecule has 0 amide bonds. The van der Waals surface area contributed by atoms with Crippen LogP contribution in [-0.2, 0) is 13.1 Å². The fourth-order valence-corrected chi connectivity index (χ4v) is 1.99. The third kappa shape index (κ3) is 5.03. The van der Waals surface area contributed by atoms with Crippen LogP contribution >= 0.6 is 0 Å². The lowest BCUT2D eigenvalue weighted by atomic mass is 10.1. The van der Waals surface area contributed by atoms with E-state index in [2.05, 4.69) is 54.1 Å². The third-order valence-corrected chi connectivity index (χ3v) is 3.11. The quantitative estimate of drug-likeness (QED) is 0.527. The number of benzene rings is 1. The molecule has 19 heavy (non-hydrogen) atoms. The highest BCUT2D eigenvalue weighted by molar-refractivity contribution is 5.20. The predicted molar refractivity (Wildman–Crippen MR) is 72.2 cm³/mol. The molecule has 0 aliphatic heterocycles. The average molecular weight is 280 g/mol. The van der Waals surface area contributed by atoms with Crippen molar-refractivity contribution in [2.75, 3.05) is 0 Å². The summed E-state index contributed by atoms with van der Waals surface area (Å²) in [7, 11) is 0. The molecule has 3 nitrogen and oxygen atoms in total. The number of nitrogens with zero attached hydrogens (tertiary/aromatic N) is 3. The maximum atomic E-state index is 4.38. The molecule has 0 N–H and O–H groups in total. The molecule has 0 fully saturated rings. The second-order valence-corrected chi connectivity index (χ2v) is 4.87. The van der Waals surface area contributed by atoms with Gasteiger partial charge in [-0.2, -0.15) is 0 Å². The van der Waals surface area contributed by atoms with Crippen molar-refractivity contribution in [2.45, 2.75) is 46.2 Å². The molecule has 4 heteroatoms. The van der Waals surface area contributed by atoms with Gasteiger partial charge in [0.2, 0.25) is 6.33 Å². The van der Waals surface area contributed by atoms with Gasteiger partial charge in [0.25, 0.3) is 6.33 Å². The summed E-state index contributed by atoms with van der Waals surface area (Å²) in [6.45, 7) is 6.26. The van der Waals surface area contributed by atoms with E-state index in [-0.39, 0.29) is 12.4 Å². The molecule has 0 spiro atoms. The predicted octanol–water partition coefficient (Wildman–Crippen LogP) is -0.278. The molecule has 104 valence electrons. The molecule has 1 heterocycles. The second-order valence-electron chi connectivity index (χ2n) is 4.87. The molecule has 0 unspecified atom stereocenters. The maximum Gasteiger partial charge on any atom is 0.265 e. The fraction of sp³-hybridized carbons (Fsp3) is 0.467. The van der Waals surface area contributed by atoms with Crippen molar-refractivity contribution in [3.63, 3.8) is 0 Å². The Labute approximate surface area is 121 Å². The Morgan fingerprint density at radius 3 is 2.58 bits per heavy atom. The number of rotatable bonds is 6. The van der Waals surface area contributed by atoms with E-state index in [1.54, 1.807) is 0 Å². The average Bonchev–Trinajstić information content (AvgIpc) is 2.80. The normalized spacial score (nSPS) is 10.2. The van der Waals surface area contributed by atoms with E-state index in [0.717, 1.165) is 13.1 Å². The maximum absolute atomic E-state index is 4.38. The minimum absolute atomic E-state index is 0. The second kappa shape index (κ2) is 7.95. The van der Waals surface area contributed by atoms with Gasteiger partial charge < -0.3 is 12.4 Å². The molecular weight excluding hydrogens is 258 g/mol. The summed E-state index contributed by atoms with van der Waals surface area (Å²) in [6.07, 6.45) is 7.74. The monoisotopic (exact) mass is 279 g/mol. The van der Waals surface area contributed by atoms with Crippen molar-refractivity contribution in [3.8, 4) is 0 Å². The molecular formula is C15H22ClN3. The summed E-state index contributed by atoms with van der Waals surface area (Å²) in [5, 5.41) is 4.38. The van der Waals surface area contributed by atoms with E-state index in [4.69, 9.17) is 0 Å². The molecule has 2 aromatic rings. The smallest absolute Gasteiger partial charge is 0.265 e. The summed E-state index contributed by atoms with van der Waals surface area (Å²) in [5.41, 5.74) is 2.62. The largest absolute Gasteiger partial charge is 1.00 e. The molecule has 0 bridgehead atoms. The van der Waals surface area contributed by atoms with Gasteiger partial charge >= 0.3 is 0 Å². The summed E-state index contributed by atoms with van der Waals surface area (Å²) in [4.78, 5) is 0. The van der Waals surface area contributed by atoms with Crippen LogP contribution in [0.3, 0.4) is 0 Å². The first-order valence-electron chi connectivity index (χ1n) is 6.75. The Morgan fingerprint density at radius 1 is 1.16 bits per heavy atom. The van der Waals surface area contributed by atoms with Crippen LogP contribution < -0.4 is 17.0 Å². The summed E-state index contributed by atoms with van der Waals surface area (Å²) in [6, 6.07) is 8.66. The van der Waals surface area contributed by atoms with Crippen LogP contribution in [0.1, 0.15) is 37.3 Å². The van der Waals surface area contributed by atoms with Crippen LogP contribution in [0.5, 0.6) is 0 Å². The van der Waals surface area contributed by atoms with Crippen LogP contribution in [0.15, 0.2) is 36.9 Å². The highest BCUT2D eigenvalue weighted by atomic mass is 35.5. The highest BCUT2D eigenvalue weighted by Crippen LogP contribution is 2.02. The molecule has 2 rings (SSSR count). The Balaban J connectivity index is 0.00000180. The van der Waals surface area contributed by atoms with Crippen molar-refractivity contribution in [3.05, 3.63) is 48.0 Å². The van der Waals surface area contributed by atoms with E-state index in [1.807, 2.05) is 11.0 Å². The van der Waals surface area contributed by atoms with Crippen LogP contribution in [0.25, 0.3) is 0 Å². The minimum Gasteiger partial charge on any atom is -1.00 e. The van der Waals surface area contributed by atoms with Crippen molar-refractivity contribution >= 4 is 0 Å². The van der Waals surface area contributed by atoms with Gasteiger partial charge in [0.1, 0.15) is 6.54 Å². The lowest BCUT2D eigenvalue weighted by Gasteiger charge is -1.98. The number of aryl methyl sites for hydroxylation is 2. The van der Waals surface area contributed by atoms with Gasteiger partial charge in [0, 0.05) is 5.10 Å². The third-order valence-electron chi connectivity index (χ3n) is 3.11. The van der Waals surface area contributed by atoms with Gasteiger partial charge in [-0.1, -0.05) is 49.6 Å². The number of hydrogen-bond donors (Lipinski definition) is 0. The van der Waals surface area contributed by atoms with Gasteiger partial charge in [-0.05, 0) is 18.9 Å². The number of unbranched alkanes of at least 4 members (excludes halogenated alkanes) is 2. The van der Waals surface area contributed by atoms with E-state index in [9.17, 15) is 0 Å². The first kappa shape index (κ1) is 15.7. The standard InChI is InChI=1S/C15H22N3.ClH/c1-3-4-5-10-18-13-17(12-16-18)11-15-8-6-14(2)7-9-15;/h6-9,12-13H,3-5,10-11H2,1-2H3;1H/q+1;/p-1. The molecule has 0 radical (unpaired) electrons. The summed E-state index contributed by atoms with van der Waals surface area (Å²) < 4.78 is 4.17. The van der Waals surface area contributed by atoms with Crippen molar-refractivity contribution in [1.82, 2.24) is 9.78 Å². The molecule has 1 aromatic heterocycles. The van der Waals surface area contributed by atoms with Crippen molar-refractivity contribution < 1.29 is 17.0 Å². The molecule has 0 saturated heterocycles. The Bertz CT molecular complexity index is 476. The number of halogens is 1.